The van der Waals surface area contributed by atoms with Crippen LogP contribution >= 0.6 is 0 Å². The third-order valence-corrected chi connectivity index (χ3v) is 4.62. The first kappa shape index (κ1) is 18.2. The normalized spacial score (nSPS) is 18.7. The molecule has 138 valence electrons. The Labute approximate surface area is 152 Å². The minimum absolute atomic E-state index is 0.0932. The molecule has 6 nitrogen and oxygen atoms in total. The Morgan fingerprint density at radius 2 is 1.77 bits per heavy atom. The van der Waals surface area contributed by atoms with Gasteiger partial charge in [0.2, 0.25) is 0 Å². The van der Waals surface area contributed by atoms with Gasteiger partial charge in [0.15, 0.2) is 11.7 Å². The van der Waals surface area contributed by atoms with Gasteiger partial charge in [-0.1, -0.05) is 18.2 Å². The third-order valence-electron chi connectivity index (χ3n) is 4.62. The quantitative estimate of drug-likeness (QED) is 0.595. The molecule has 1 aliphatic heterocycles. The lowest BCUT2D eigenvalue weighted by molar-refractivity contribution is -0.162. The molecule has 6 heteroatoms. The summed E-state index contributed by atoms with van der Waals surface area (Å²) in [7, 11) is 0. The van der Waals surface area contributed by atoms with E-state index in [-0.39, 0.29) is 19.0 Å². The molecule has 0 bridgehead atoms. The van der Waals surface area contributed by atoms with Crippen molar-refractivity contribution in [1.82, 2.24) is 0 Å². The van der Waals surface area contributed by atoms with E-state index in [4.69, 9.17) is 14.2 Å². The number of esters is 2. The van der Waals surface area contributed by atoms with Crippen molar-refractivity contribution in [3.63, 3.8) is 0 Å². The number of ketones is 1. The molecule has 1 unspecified atom stereocenters. The lowest BCUT2D eigenvalue weighted by Crippen LogP contribution is -2.38. The summed E-state index contributed by atoms with van der Waals surface area (Å²) in [5.74, 6) is -2.33. The van der Waals surface area contributed by atoms with E-state index in [0.717, 1.165) is 0 Å². The Morgan fingerprint density at radius 1 is 1.12 bits per heavy atom. The van der Waals surface area contributed by atoms with Crippen molar-refractivity contribution in [2.45, 2.75) is 39.0 Å². The Balaban J connectivity index is 2.15. The topological polar surface area (TPSA) is 78.9 Å². The second-order valence-electron chi connectivity index (χ2n) is 6.21. The van der Waals surface area contributed by atoms with Crippen molar-refractivity contribution in [3.8, 4) is 5.75 Å². The van der Waals surface area contributed by atoms with E-state index in [1.807, 2.05) is 6.07 Å². The Kier molecular flexibility index (Phi) is 5.40. The van der Waals surface area contributed by atoms with E-state index < -0.39 is 23.8 Å². The third kappa shape index (κ3) is 3.23. The largest absolute Gasteiger partial charge is 0.465 e. The van der Waals surface area contributed by atoms with Crippen LogP contribution in [-0.2, 0) is 23.9 Å². The first-order valence-electron chi connectivity index (χ1n) is 8.94. The average Bonchev–Trinajstić information content (AvgIpc) is 2.62. The van der Waals surface area contributed by atoms with Gasteiger partial charge >= 0.3 is 11.9 Å². The number of benzene rings is 1. The molecule has 1 aromatic rings. The van der Waals surface area contributed by atoms with Gasteiger partial charge in [-0.25, -0.2) is 0 Å². The molecule has 1 aromatic carbocycles. The van der Waals surface area contributed by atoms with Crippen LogP contribution in [0.3, 0.4) is 0 Å². The summed E-state index contributed by atoms with van der Waals surface area (Å²) in [5, 5.41) is 0. The number of ether oxygens (including phenoxy) is 3. The maximum absolute atomic E-state index is 12.7. The number of carbonyl (C=O) groups excluding carboxylic acids is 3. The summed E-state index contributed by atoms with van der Waals surface area (Å²) in [5.41, 5.74) is 1.04. The highest BCUT2D eigenvalue weighted by molar-refractivity contribution is 6.03. The number of para-hydroxylation sites is 1. The molecule has 26 heavy (non-hydrogen) atoms. The molecule has 0 spiro atoms. The summed E-state index contributed by atoms with van der Waals surface area (Å²) in [4.78, 5) is 38.0. The second kappa shape index (κ2) is 7.72. The summed E-state index contributed by atoms with van der Waals surface area (Å²) in [6.07, 6.45) is 1.67. The molecule has 3 rings (SSSR count). The van der Waals surface area contributed by atoms with E-state index in [0.29, 0.717) is 41.9 Å². The molecule has 0 saturated heterocycles. The number of carbonyl (C=O) groups is 3. The predicted octanol–water partition coefficient (Wildman–Crippen LogP) is 2.91. The van der Waals surface area contributed by atoms with Crippen LogP contribution in [0, 0.1) is 5.92 Å². The number of hydrogen-bond donors (Lipinski definition) is 0. The molecule has 0 aromatic heterocycles. The fraction of sp³-hybridized carbons (Fsp3) is 0.450. The SMILES string of the molecule is CCOC(=O)C(C(=O)OCC)C1C2=C(CCCC2=O)Oc2ccccc21. The number of allylic oxidation sites excluding steroid dienone is 2. The number of Topliss-reactive ketones (excluding diaryl/α,β-unsaturated/α-hetero) is 1. The molecule has 0 amide bonds. The van der Waals surface area contributed by atoms with Crippen molar-refractivity contribution in [3.05, 3.63) is 41.2 Å². The van der Waals surface area contributed by atoms with Gasteiger partial charge in [-0.05, 0) is 26.3 Å². The van der Waals surface area contributed by atoms with Gasteiger partial charge in [0, 0.05) is 29.9 Å². The standard InChI is InChI=1S/C20H22O6/c1-3-24-19(22)18(20(23)25-4-2)16-12-8-5-6-10-14(12)26-15-11-7-9-13(21)17(15)16/h5-6,8,10,16,18H,3-4,7,9,11H2,1-2H3. The van der Waals surface area contributed by atoms with E-state index in [2.05, 4.69) is 0 Å². The van der Waals surface area contributed by atoms with Crippen LogP contribution in [0.4, 0.5) is 0 Å². The van der Waals surface area contributed by atoms with Crippen LogP contribution in [0.5, 0.6) is 5.75 Å². The summed E-state index contributed by atoms with van der Waals surface area (Å²) < 4.78 is 16.2. The summed E-state index contributed by atoms with van der Waals surface area (Å²) in [6.45, 7) is 3.63. The first-order valence-corrected chi connectivity index (χ1v) is 8.94. The van der Waals surface area contributed by atoms with Gasteiger partial charge in [-0.15, -0.1) is 0 Å². The lowest BCUT2D eigenvalue weighted by atomic mass is 9.74. The molecular weight excluding hydrogens is 336 g/mol. The minimum Gasteiger partial charge on any atom is -0.465 e. The van der Waals surface area contributed by atoms with Gasteiger partial charge in [-0.2, -0.15) is 0 Å². The zero-order valence-electron chi connectivity index (χ0n) is 14.9. The fourth-order valence-electron chi connectivity index (χ4n) is 3.58. The lowest BCUT2D eigenvalue weighted by Gasteiger charge is -2.34. The first-order chi connectivity index (χ1) is 12.6. The molecule has 0 N–H and O–H groups in total. The Hall–Kier alpha value is -2.63. The highest BCUT2D eigenvalue weighted by Gasteiger charge is 2.47. The molecule has 0 radical (unpaired) electrons. The van der Waals surface area contributed by atoms with Crippen LogP contribution < -0.4 is 4.74 Å². The molecule has 2 aliphatic rings. The molecule has 0 fully saturated rings. The molecule has 1 heterocycles. The van der Waals surface area contributed by atoms with Gasteiger partial charge < -0.3 is 14.2 Å². The molecular formula is C20H22O6. The maximum atomic E-state index is 12.7. The maximum Gasteiger partial charge on any atom is 0.321 e. The van der Waals surface area contributed by atoms with Crippen LogP contribution in [0.1, 0.15) is 44.6 Å². The predicted molar refractivity (Wildman–Crippen MR) is 92.5 cm³/mol. The zero-order valence-corrected chi connectivity index (χ0v) is 14.9. The van der Waals surface area contributed by atoms with Gasteiger partial charge in [0.05, 0.1) is 13.2 Å². The van der Waals surface area contributed by atoms with Crippen LogP contribution in [-0.4, -0.2) is 30.9 Å². The Bertz CT molecular complexity index is 745. The minimum atomic E-state index is -1.23. The van der Waals surface area contributed by atoms with Gasteiger partial charge in [0.25, 0.3) is 0 Å². The van der Waals surface area contributed by atoms with E-state index in [9.17, 15) is 14.4 Å². The van der Waals surface area contributed by atoms with Gasteiger partial charge in [0.1, 0.15) is 11.5 Å². The monoisotopic (exact) mass is 358 g/mol. The van der Waals surface area contributed by atoms with E-state index >= 15 is 0 Å². The molecule has 0 saturated carbocycles. The van der Waals surface area contributed by atoms with E-state index in [1.165, 1.54) is 0 Å². The van der Waals surface area contributed by atoms with Crippen LogP contribution in [0.15, 0.2) is 35.6 Å². The van der Waals surface area contributed by atoms with Crippen LogP contribution in [0.25, 0.3) is 0 Å². The Morgan fingerprint density at radius 3 is 2.42 bits per heavy atom. The van der Waals surface area contributed by atoms with Crippen molar-refractivity contribution in [2.24, 2.45) is 5.92 Å². The van der Waals surface area contributed by atoms with Crippen LogP contribution in [0.2, 0.25) is 0 Å². The number of hydrogen-bond acceptors (Lipinski definition) is 6. The fourth-order valence-corrected chi connectivity index (χ4v) is 3.58. The average molecular weight is 358 g/mol. The van der Waals surface area contributed by atoms with Crippen molar-refractivity contribution in [1.29, 1.82) is 0 Å². The molecule has 1 aliphatic carbocycles. The summed E-state index contributed by atoms with van der Waals surface area (Å²) >= 11 is 0. The van der Waals surface area contributed by atoms with Gasteiger partial charge in [-0.3, -0.25) is 14.4 Å². The number of fused-ring (bicyclic) bond motifs is 1. The summed E-state index contributed by atoms with van der Waals surface area (Å²) in [6, 6.07) is 7.16. The van der Waals surface area contributed by atoms with Crippen molar-refractivity contribution >= 4 is 17.7 Å². The highest BCUT2D eigenvalue weighted by Crippen LogP contribution is 2.47. The zero-order chi connectivity index (χ0) is 18.7. The molecule has 1 atom stereocenters. The van der Waals surface area contributed by atoms with E-state index in [1.54, 1.807) is 32.0 Å². The number of rotatable bonds is 5. The van der Waals surface area contributed by atoms with Crippen molar-refractivity contribution in [2.75, 3.05) is 13.2 Å². The smallest absolute Gasteiger partial charge is 0.321 e. The second-order valence-corrected chi connectivity index (χ2v) is 6.21. The van der Waals surface area contributed by atoms with Crippen molar-refractivity contribution < 1.29 is 28.6 Å². The highest BCUT2D eigenvalue weighted by atomic mass is 16.6.